The summed E-state index contributed by atoms with van der Waals surface area (Å²) in [7, 11) is -3.93. The number of hydrogen-bond acceptors (Lipinski definition) is 6. The number of rotatable bonds is 5. The molecule has 0 saturated heterocycles. The molecule has 4 aromatic rings. The Labute approximate surface area is 207 Å². The van der Waals surface area contributed by atoms with Gasteiger partial charge in [0.1, 0.15) is 11.6 Å². The molecule has 1 aliphatic rings. The Morgan fingerprint density at radius 2 is 1.83 bits per heavy atom. The molecule has 3 heterocycles. The molecule has 5 rings (SSSR count). The molecule has 0 aliphatic carbocycles. The van der Waals surface area contributed by atoms with Crippen molar-refractivity contribution in [1.82, 2.24) is 9.97 Å². The molecule has 12 heteroatoms. The maximum Gasteiger partial charge on any atom is 0.416 e. The van der Waals surface area contributed by atoms with Crippen LogP contribution in [0.2, 0.25) is 0 Å². The number of thiazole rings is 1. The van der Waals surface area contributed by atoms with Gasteiger partial charge in [0.15, 0.2) is 5.13 Å². The normalized spacial score (nSPS) is 15.7. The number of nitrogens with zero attached hydrogens (tertiary/aromatic N) is 2. The molecule has 0 fully saturated rings. The minimum atomic E-state index is -4.57. The monoisotopic (exact) mass is 535 g/mol. The average Bonchev–Trinajstić information content (AvgIpc) is 3.35. The van der Waals surface area contributed by atoms with Gasteiger partial charge >= 0.3 is 6.18 Å². The molecule has 1 N–H and O–H groups in total. The van der Waals surface area contributed by atoms with Crippen LogP contribution in [0.5, 0.6) is 5.75 Å². The van der Waals surface area contributed by atoms with Crippen LogP contribution in [0.4, 0.5) is 22.7 Å². The SMILES string of the molecule is O=S(=O)(Nc1nccs1)c1ccc2c(c1)OCC[C@@H]2c1ccc(C(F)(F)F)cc1-c1ccc(F)cn1. The first-order chi connectivity index (χ1) is 17.1. The molecule has 2 aromatic carbocycles. The van der Waals surface area contributed by atoms with Crippen molar-refractivity contribution in [2.45, 2.75) is 23.4 Å². The number of fused-ring (bicyclic) bond motifs is 1. The number of benzene rings is 2. The number of nitrogens with one attached hydrogen (secondary N) is 1. The van der Waals surface area contributed by atoms with Crippen LogP contribution < -0.4 is 9.46 Å². The molecular weight excluding hydrogens is 518 g/mol. The van der Waals surface area contributed by atoms with Gasteiger partial charge in [-0.3, -0.25) is 9.71 Å². The summed E-state index contributed by atoms with van der Waals surface area (Å²) in [5, 5.41) is 1.85. The van der Waals surface area contributed by atoms with Gasteiger partial charge in [-0.05, 0) is 42.3 Å². The summed E-state index contributed by atoms with van der Waals surface area (Å²) >= 11 is 1.13. The highest BCUT2D eigenvalue weighted by Crippen LogP contribution is 2.44. The summed E-state index contributed by atoms with van der Waals surface area (Å²) in [5.41, 5.74) is 0.720. The number of alkyl halides is 3. The minimum absolute atomic E-state index is 0.0371. The number of hydrogen-bond donors (Lipinski definition) is 1. The van der Waals surface area contributed by atoms with Crippen molar-refractivity contribution in [1.29, 1.82) is 0 Å². The van der Waals surface area contributed by atoms with Crippen molar-refractivity contribution in [2.24, 2.45) is 0 Å². The molecule has 0 unspecified atom stereocenters. The van der Waals surface area contributed by atoms with E-state index in [1.54, 1.807) is 11.4 Å². The van der Waals surface area contributed by atoms with Crippen LogP contribution in [-0.4, -0.2) is 25.0 Å². The standard InChI is InChI=1S/C24H17F4N3O3S2/c25-15-2-6-21(30-13-15)20-11-14(24(26,27)28)1-4-17(20)18-7-9-34-22-12-16(3-5-19(18)22)36(32,33)31-23-29-8-10-35-23/h1-6,8,10-13,18H,7,9H2,(H,29,31)/t18-/m1/s1. The quantitative estimate of drug-likeness (QED) is 0.314. The summed E-state index contributed by atoms with van der Waals surface area (Å²) < 4.78 is 87.6. The van der Waals surface area contributed by atoms with Gasteiger partial charge in [-0.25, -0.2) is 17.8 Å². The van der Waals surface area contributed by atoms with E-state index in [0.717, 1.165) is 35.7 Å². The molecular formula is C24H17F4N3O3S2. The topological polar surface area (TPSA) is 81.2 Å². The van der Waals surface area contributed by atoms with Gasteiger partial charge in [-0.15, -0.1) is 11.3 Å². The highest BCUT2D eigenvalue weighted by atomic mass is 32.2. The van der Waals surface area contributed by atoms with Crippen LogP contribution in [0.25, 0.3) is 11.3 Å². The van der Waals surface area contributed by atoms with Gasteiger partial charge in [0, 0.05) is 34.7 Å². The summed E-state index contributed by atoms with van der Waals surface area (Å²) in [6.07, 6.45) is -1.71. The van der Waals surface area contributed by atoms with E-state index in [-0.39, 0.29) is 27.9 Å². The molecule has 36 heavy (non-hydrogen) atoms. The van der Waals surface area contributed by atoms with E-state index in [0.29, 0.717) is 23.3 Å². The fourth-order valence-corrected chi connectivity index (χ4v) is 5.90. The summed E-state index contributed by atoms with van der Waals surface area (Å²) in [4.78, 5) is 7.88. The molecule has 0 radical (unpaired) electrons. The highest BCUT2D eigenvalue weighted by Gasteiger charge is 2.33. The van der Waals surface area contributed by atoms with Gasteiger partial charge in [0.25, 0.3) is 10.0 Å². The molecule has 6 nitrogen and oxygen atoms in total. The fraction of sp³-hybridized carbons (Fsp3) is 0.167. The van der Waals surface area contributed by atoms with Crippen molar-refractivity contribution >= 4 is 26.5 Å². The Hall–Kier alpha value is -3.51. The molecule has 2 aromatic heterocycles. The van der Waals surface area contributed by atoms with E-state index in [1.807, 2.05) is 0 Å². The van der Waals surface area contributed by atoms with Crippen LogP contribution >= 0.6 is 11.3 Å². The van der Waals surface area contributed by atoms with Gasteiger partial charge in [0.2, 0.25) is 0 Å². The molecule has 0 saturated carbocycles. The molecule has 0 amide bonds. The number of anilines is 1. The van der Waals surface area contributed by atoms with Crippen LogP contribution in [0, 0.1) is 5.82 Å². The van der Waals surface area contributed by atoms with Gasteiger partial charge < -0.3 is 4.74 Å². The molecule has 0 bridgehead atoms. The first-order valence-corrected chi connectivity index (χ1v) is 13.0. The van der Waals surface area contributed by atoms with E-state index in [9.17, 15) is 26.0 Å². The first kappa shape index (κ1) is 24.2. The zero-order valence-corrected chi connectivity index (χ0v) is 19.9. The number of halogens is 4. The van der Waals surface area contributed by atoms with E-state index in [1.165, 1.54) is 30.5 Å². The summed E-state index contributed by atoms with van der Waals surface area (Å²) in [6, 6.07) is 10.2. The molecule has 1 aliphatic heterocycles. The van der Waals surface area contributed by atoms with Crippen molar-refractivity contribution in [3.8, 4) is 17.0 Å². The second-order valence-electron chi connectivity index (χ2n) is 7.99. The van der Waals surface area contributed by atoms with Crippen molar-refractivity contribution < 1.29 is 30.7 Å². The predicted octanol–water partition coefficient (Wildman–Crippen LogP) is 6.08. The van der Waals surface area contributed by atoms with E-state index in [2.05, 4.69) is 14.7 Å². The molecule has 1 atom stereocenters. The fourth-order valence-electron chi connectivity index (χ4n) is 4.10. The van der Waals surface area contributed by atoms with Crippen LogP contribution in [-0.2, 0) is 16.2 Å². The van der Waals surface area contributed by atoms with E-state index >= 15 is 0 Å². The van der Waals surface area contributed by atoms with Crippen molar-refractivity contribution in [3.05, 3.63) is 88.8 Å². The Bertz CT molecular complexity index is 1510. The van der Waals surface area contributed by atoms with Crippen molar-refractivity contribution in [3.63, 3.8) is 0 Å². The second kappa shape index (κ2) is 9.17. The number of pyridine rings is 1. The van der Waals surface area contributed by atoms with Crippen LogP contribution in [0.3, 0.4) is 0 Å². The third kappa shape index (κ3) is 4.78. The Morgan fingerprint density at radius 3 is 2.53 bits per heavy atom. The lowest BCUT2D eigenvalue weighted by Gasteiger charge is -2.28. The lowest BCUT2D eigenvalue weighted by Crippen LogP contribution is -2.18. The first-order valence-electron chi connectivity index (χ1n) is 10.6. The molecule has 186 valence electrons. The smallest absolute Gasteiger partial charge is 0.416 e. The maximum absolute atomic E-state index is 13.5. The van der Waals surface area contributed by atoms with Crippen molar-refractivity contribution in [2.75, 3.05) is 11.3 Å². The number of aromatic nitrogens is 2. The number of sulfonamides is 1. The summed E-state index contributed by atoms with van der Waals surface area (Å²) in [6.45, 7) is 0.221. The highest BCUT2D eigenvalue weighted by molar-refractivity contribution is 7.93. The van der Waals surface area contributed by atoms with Crippen LogP contribution in [0.15, 0.2) is 71.2 Å². The Kier molecular flexibility index (Phi) is 6.17. The second-order valence-corrected chi connectivity index (χ2v) is 10.6. The maximum atomic E-state index is 13.5. The zero-order chi connectivity index (χ0) is 25.5. The third-order valence-corrected chi connectivity index (χ3v) is 7.90. The van der Waals surface area contributed by atoms with Gasteiger partial charge in [-0.1, -0.05) is 12.1 Å². The zero-order valence-electron chi connectivity index (χ0n) is 18.3. The largest absolute Gasteiger partial charge is 0.493 e. The Morgan fingerprint density at radius 1 is 1.03 bits per heavy atom. The van der Waals surface area contributed by atoms with Gasteiger partial charge in [-0.2, -0.15) is 13.2 Å². The lowest BCUT2D eigenvalue weighted by atomic mass is 9.83. The number of ether oxygens (including phenoxy) is 1. The Balaban J connectivity index is 1.57. The third-order valence-electron chi connectivity index (χ3n) is 5.75. The van der Waals surface area contributed by atoms with Crippen LogP contribution in [0.1, 0.15) is 29.0 Å². The predicted molar refractivity (Wildman–Crippen MR) is 126 cm³/mol. The van der Waals surface area contributed by atoms with Gasteiger partial charge in [0.05, 0.1) is 29.0 Å². The average molecular weight is 536 g/mol. The molecule has 0 spiro atoms. The van der Waals surface area contributed by atoms with E-state index in [4.69, 9.17) is 4.74 Å². The lowest BCUT2D eigenvalue weighted by molar-refractivity contribution is -0.137. The minimum Gasteiger partial charge on any atom is -0.493 e. The van der Waals surface area contributed by atoms with E-state index < -0.39 is 33.5 Å². The summed E-state index contributed by atoms with van der Waals surface area (Å²) in [5.74, 6) is -0.698.